The zero-order valence-electron chi connectivity index (χ0n) is 15.7. The topological polar surface area (TPSA) is 105 Å². The first-order valence-corrected chi connectivity index (χ1v) is 10.8. The van der Waals surface area contributed by atoms with Crippen molar-refractivity contribution in [2.75, 3.05) is 18.1 Å². The molecule has 0 fully saturated rings. The Morgan fingerprint density at radius 1 is 1.27 bits per heavy atom. The number of anilines is 1. The van der Waals surface area contributed by atoms with Gasteiger partial charge < -0.3 is 11.1 Å². The normalized spacial score (nSPS) is 20.6. The molecule has 0 spiro atoms. The minimum atomic E-state index is -3.96. The van der Waals surface area contributed by atoms with Gasteiger partial charge in [0.2, 0.25) is 16.0 Å². The number of carbonyl (C=O) groups is 1. The van der Waals surface area contributed by atoms with E-state index in [0.29, 0.717) is 5.02 Å². The second kappa shape index (κ2) is 7.68. The largest absolute Gasteiger partial charge is 0.369 e. The number of guanidine groups is 1. The van der Waals surface area contributed by atoms with Crippen molar-refractivity contribution < 1.29 is 22.0 Å². The third-order valence-corrected chi connectivity index (χ3v) is 7.11. The summed E-state index contributed by atoms with van der Waals surface area (Å²) in [5.41, 5.74) is 2.80. The van der Waals surface area contributed by atoms with Gasteiger partial charge in [-0.2, -0.15) is 0 Å². The number of benzene rings is 2. The maximum atomic E-state index is 15.3. The van der Waals surface area contributed by atoms with Crippen LogP contribution in [0.1, 0.15) is 22.8 Å². The van der Waals surface area contributed by atoms with Gasteiger partial charge in [0.25, 0.3) is 5.91 Å². The number of rotatable bonds is 3. The lowest BCUT2D eigenvalue weighted by Gasteiger charge is -2.35. The lowest BCUT2D eigenvalue weighted by atomic mass is 9.92. The summed E-state index contributed by atoms with van der Waals surface area (Å²) >= 11 is 11.8. The minimum Gasteiger partial charge on any atom is -0.369 e. The lowest BCUT2D eigenvalue weighted by Crippen LogP contribution is -2.50. The van der Waals surface area contributed by atoms with Gasteiger partial charge in [-0.05, 0) is 37.3 Å². The predicted octanol–water partition coefficient (Wildman–Crippen LogP) is 3.33. The van der Waals surface area contributed by atoms with Crippen molar-refractivity contribution in [1.82, 2.24) is 4.31 Å². The summed E-state index contributed by atoms with van der Waals surface area (Å²) in [6, 6.07) is 6.02. The Morgan fingerprint density at radius 3 is 2.53 bits per heavy atom. The van der Waals surface area contributed by atoms with Crippen molar-refractivity contribution in [3.05, 3.63) is 63.1 Å². The van der Waals surface area contributed by atoms with Gasteiger partial charge in [0.1, 0.15) is 11.4 Å². The van der Waals surface area contributed by atoms with Crippen LogP contribution in [-0.2, 0) is 15.6 Å². The number of hydrogen-bond donors (Lipinski definition) is 2. The van der Waals surface area contributed by atoms with E-state index in [1.807, 2.05) is 0 Å². The molecule has 0 saturated carbocycles. The van der Waals surface area contributed by atoms with E-state index in [1.165, 1.54) is 32.2 Å². The smallest absolute Gasteiger partial charge is 0.257 e. The fourth-order valence-electron chi connectivity index (χ4n) is 3.08. The Morgan fingerprint density at radius 2 is 1.93 bits per heavy atom. The average Bonchev–Trinajstić information content (AvgIpc) is 2.61. The minimum absolute atomic E-state index is 0.0155. The fourth-order valence-corrected chi connectivity index (χ4v) is 5.02. The third kappa shape index (κ3) is 3.94. The van der Waals surface area contributed by atoms with Gasteiger partial charge in [0.05, 0.1) is 27.6 Å². The van der Waals surface area contributed by atoms with Crippen molar-refractivity contribution in [2.45, 2.75) is 12.5 Å². The number of halogens is 4. The molecular formula is C18H16Cl2F2N4O3S. The molecule has 0 bridgehead atoms. The van der Waals surface area contributed by atoms with Crippen LogP contribution in [0.4, 0.5) is 14.5 Å². The van der Waals surface area contributed by atoms with Crippen molar-refractivity contribution in [2.24, 2.45) is 10.7 Å². The van der Waals surface area contributed by atoms with E-state index in [-0.39, 0.29) is 16.3 Å². The molecule has 12 heteroatoms. The molecule has 0 aliphatic carbocycles. The van der Waals surface area contributed by atoms with Crippen LogP contribution >= 0.6 is 23.2 Å². The highest BCUT2D eigenvalue weighted by Crippen LogP contribution is 2.37. The van der Waals surface area contributed by atoms with Crippen molar-refractivity contribution >= 4 is 50.8 Å². The predicted molar refractivity (Wildman–Crippen MR) is 111 cm³/mol. The van der Waals surface area contributed by atoms with Crippen LogP contribution in [-0.4, -0.2) is 37.4 Å². The van der Waals surface area contributed by atoms with Gasteiger partial charge in [0.15, 0.2) is 5.82 Å². The molecule has 30 heavy (non-hydrogen) atoms. The summed E-state index contributed by atoms with van der Waals surface area (Å²) in [5, 5.41) is 2.64. The van der Waals surface area contributed by atoms with Gasteiger partial charge in [-0.15, -0.1) is 0 Å². The molecule has 1 aliphatic rings. The zero-order chi connectivity index (χ0) is 22.4. The number of carbonyl (C=O) groups excluding carboxylic acids is 1. The van der Waals surface area contributed by atoms with Gasteiger partial charge in [0, 0.05) is 12.1 Å². The first kappa shape index (κ1) is 22.3. The van der Waals surface area contributed by atoms with E-state index >= 15 is 4.39 Å². The number of sulfonamides is 1. The highest BCUT2D eigenvalue weighted by Gasteiger charge is 2.44. The average molecular weight is 477 g/mol. The molecule has 0 unspecified atom stereocenters. The molecular weight excluding hydrogens is 461 g/mol. The standard InChI is InChI=1S/C18H16Cl2F2N4O3S/c1-18(8-30(28,29)26(2)17(23)25-18)14-12(21)5-6-13(15(14)22)24-16(27)10-4-3-9(19)7-11(10)20/h3-7H,8H2,1-2H3,(H2,23,25)(H,24,27)/t18-/m0/s1. The number of amides is 1. The van der Waals surface area contributed by atoms with Crippen LogP contribution in [0, 0.1) is 11.6 Å². The van der Waals surface area contributed by atoms with Crippen LogP contribution in [0.2, 0.25) is 10.0 Å². The van der Waals surface area contributed by atoms with Gasteiger partial charge in [-0.3, -0.25) is 4.79 Å². The molecule has 1 atom stereocenters. The summed E-state index contributed by atoms with van der Waals surface area (Å²) in [6.07, 6.45) is 0. The van der Waals surface area contributed by atoms with E-state index in [2.05, 4.69) is 10.3 Å². The number of nitrogens with two attached hydrogens (primary N) is 1. The lowest BCUT2D eigenvalue weighted by molar-refractivity contribution is 0.102. The molecule has 1 aliphatic heterocycles. The second-order valence-corrected chi connectivity index (χ2v) is 9.67. The molecule has 7 nitrogen and oxygen atoms in total. The Labute approximate surface area is 181 Å². The molecule has 3 N–H and O–H groups in total. The van der Waals surface area contributed by atoms with E-state index in [9.17, 15) is 17.6 Å². The van der Waals surface area contributed by atoms with Crippen LogP contribution in [0.3, 0.4) is 0 Å². The number of nitrogens with zero attached hydrogens (tertiary/aromatic N) is 2. The fraction of sp³-hybridized carbons (Fsp3) is 0.222. The van der Waals surface area contributed by atoms with Crippen LogP contribution in [0.15, 0.2) is 35.3 Å². The Kier molecular flexibility index (Phi) is 5.70. The van der Waals surface area contributed by atoms with Crippen LogP contribution in [0.5, 0.6) is 0 Å². The quantitative estimate of drug-likeness (QED) is 0.708. The summed E-state index contributed by atoms with van der Waals surface area (Å²) in [4.78, 5) is 16.5. The van der Waals surface area contributed by atoms with Gasteiger partial charge >= 0.3 is 0 Å². The maximum absolute atomic E-state index is 15.3. The summed E-state index contributed by atoms with van der Waals surface area (Å²) in [5.74, 6) is -4.10. The van der Waals surface area contributed by atoms with Gasteiger partial charge in [-0.1, -0.05) is 23.2 Å². The summed E-state index contributed by atoms with van der Waals surface area (Å²) < 4.78 is 55.3. The highest BCUT2D eigenvalue weighted by atomic mass is 35.5. The first-order valence-electron chi connectivity index (χ1n) is 8.42. The number of nitrogens with one attached hydrogen (secondary N) is 1. The van der Waals surface area contributed by atoms with E-state index in [1.54, 1.807) is 0 Å². The van der Waals surface area contributed by atoms with E-state index < -0.39 is 50.4 Å². The number of aliphatic imine (C=N–C) groups is 1. The molecule has 1 heterocycles. The van der Waals surface area contributed by atoms with E-state index in [4.69, 9.17) is 28.9 Å². The Balaban J connectivity index is 2.05. The SMILES string of the molecule is CN1C(N)=N[C@](C)(c2c(F)ccc(NC(=O)c3ccc(Cl)cc3Cl)c2F)CS1(=O)=O. The second-order valence-electron chi connectivity index (χ2n) is 6.83. The Hall–Kier alpha value is -2.43. The highest BCUT2D eigenvalue weighted by molar-refractivity contribution is 7.89. The summed E-state index contributed by atoms with van der Waals surface area (Å²) in [7, 11) is -2.77. The molecule has 2 aromatic carbocycles. The van der Waals surface area contributed by atoms with Crippen molar-refractivity contribution in [1.29, 1.82) is 0 Å². The molecule has 160 valence electrons. The monoisotopic (exact) mass is 476 g/mol. The molecule has 1 amide bonds. The zero-order valence-corrected chi connectivity index (χ0v) is 18.0. The van der Waals surface area contributed by atoms with E-state index in [0.717, 1.165) is 16.4 Å². The molecule has 3 rings (SSSR count). The molecule has 2 aromatic rings. The Bertz CT molecular complexity index is 1190. The molecule has 0 aromatic heterocycles. The summed E-state index contributed by atoms with van der Waals surface area (Å²) in [6.45, 7) is 1.24. The molecule has 0 saturated heterocycles. The van der Waals surface area contributed by atoms with Crippen LogP contribution in [0.25, 0.3) is 0 Å². The van der Waals surface area contributed by atoms with Crippen molar-refractivity contribution in [3.8, 4) is 0 Å². The molecule has 0 radical (unpaired) electrons. The number of hydrogen-bond acceptors (Lipinski definition) is 5. The maximum Gasteiger partial charge on any atom is 0.257 e. The third-order valence-electron chi connectivity index (χ3n) is 4.62. The van der Waals surface area contributed by atoms with Crippen LogP contribution < -0.4 is 11.1 Å². The first-order chi connectivity index (χ1) is 13.9. The van der Waals surface area contributed by atoms with Crippen molar-refractivity contribution in [3.63, 3.8) is 0 Å². The van der Waals surface area contributed by atoms with Gasteiger partial charge in [-0.25, -0.2) is 26.5 Å².